The van der Waals surface area contributed by atoms with Crippen molar-refractivity contribution < 1.29 is 14.3 Å². The molecule has 0 spiro atoms. The molecule has 0 saturated heterocycles. The van der Waals surface area contributed by atoms with Crippen LogP contribution in [0.4, 0.5) is 0 Å². The minimum absolute atomic E-state index is 0.0181. The van der Waals surface area contributed by atoms with Gasteiger partial charge in [-0.3, -0.25) is 4.79 Å². The van der Waals surface area contributed by atoms with E-state index >= 15 is 0 Å². The number of Topliss-reactive ketones (excluding diaryl/α,β-unsaturated/α-hetero) is 1. The van der Waals surface area contributed by atoms with Crippen molar-refractivity contribution in [3.63, 3.8) is 0 Å². The fraction of sp³-hybridized carbons (Fsp3) is 0.278. The highest BCUT2D eigenvalue weighted by Gasteiger charge is 2.32. The van der Waals surface area contributed by atoms with Gasteiger partial charge in [0.1, 0.15) is 5.60 Å². The second kappa shape index (κ2) is 5.24. The second-order valence-corrected chi connectivity index (χ2v) is 5.86. The number of ether oxygens (including phenoxy) is 2. The highest BCUT2D eigenvalue weighted by molar-refractivity contribution is 5.97. The van der Waals surface area contributed by atoms with Gasteiger partial charge in [-0.25, -0.2) is 0 Å². The summed E-state index contributed by atoms with van der Waals surface area (Å²) in [5, 5.41) is 0. The minimum Gasteiger partial charge on any atom is -0.483 e. The highest BCUT2D eigenvalue weighted by atomic mass is 16.5. The van der Waals surface area contributed by atoms with Crippen molar-refractivity contribution in [3.05, 3.63) is 59.7 Å². The molecule has 3 rings (SSSR count). The van der Waals surface area contributed by atoms with Crippen LogP contribution in [0, 0.1) is 0 Å². The largest absolute Gasteiger partial charge is 0.483 e. The zero-order valence-electron chi connectivity index (χ0n) is 12.3. The summed E-state index contributed by atoms with van der Waals surface area (Å²) in [4.78, 5) is 12.1. The van der Waals surface area contributed by atoms with Crippen LogP contribution in [-0.4, -0.2) is 18.0 Å². The van der Waals surface area contributed by atoms with Crippen LogP contribution < -0.4 is 9.47 Å². The molecule has 0 aliphatic carbocycles. The summed E-state index contributed by atoms with van der Waals surface area (Å²) in [6.07, 6.45) is 0.853. The lowest BCUT2D eigenvalue weighted by atomic mass is 10.0. The fourth-order valence-electron chi connectivity index (χ4n) is 2.55. The maximum absolute atomic E-state index is 12.1. The zero-order chi connectivity index (χ0) is 14.9. The van der Waals surface area contributed by atoms with Gasteiger partial charge in [0.2, 0.25) is 0 Å². The Morgan fingerprint density at radius 1 is 1.14 bits per heavy atom. The van der Waals surface area contributed by atoms with Gasteiger partial charge in [0.05, 0.1) is 0 Å². The molecule has 1 aliphatic heterocycles. The average molecular weight is 282 g/mol. The van der Waals surface area contributed by atoms with Gasteiger partial charge < -0.3 is 9.47 Å². The fourth-order valence-corrected chi connectivity index (χ4v) is 2.55. The number of hydrogen-bond donors (Lipinski definition) is 0. The first-order valence-electron chi connectivity index (χ1n) is 7.07. The molecule has 0 N–H and O–H groups in total. The molecule has 1 heterocycles. The molecule has 0 bridgehead atoms. The van der Waals surface area contributed by atoms with Gasteiger partial charge in [-0.15, -0.1) is 0 Å². The summed E-state index contributed by atoms with van der Waals surface area (Å²) < 4.78 is 11.6. The van der Waals surface area contributed by atoms with Crippen molar-refractivity contribution in [2.24, 2.45) is 0 Å². The van der Waals surface area contributed by atoms with Crippen molar-refractivity contribution >= 4 is 5.78 Å². The molecule has 3 nitrogen and oxygen atoms in total. The lowest BCUT2D eigenvalue weighted by molar-refractivity contribution is 0.0912. The zero-order valence-corrected chi connectivity index (χ0v) is 12.3. The molecule has 21 heavy (non-hydrogen) atoms. The van der Waals surface area contributed by atoms with Crippen LogP contribution in [-0.2, 0) is 6.42 Å². The van der Waals surface area contributed by atoms with Crippen LogP contribution in [0.25, 0.3) is 0 Å². The van der Waals surface area contributed by atoms with Crippen LogP contribution in [0.3, 0.4) is 0 Å². The standard InChI is InChI=1S/C18H18O3/c1-18(2)11-14-9-6-10-16(17(14)21-18)20-12-15(19)13-7-4-3-5-8-13/h3-10H,11-12H2,1-2H3. The lowest BCUT2D eigenvalue weighted by Crippen LogP contribution is -2.24. The third-order valence-corrected chi connectivity index (χ3v) is 3.51. The maximum atomic E-state index is 12.1. The third kappa shape index (κ3) is 2.92. The Labute approximate surface area is 124 Å². The highest BCUT2D eigenvalue weighted by Crippen LogP contribution is 2.41. The SMILES string of the molecule is CC1(C)Cc2cccc(OCC(=O)c3ccccc3)c2O1. The molecule has 0 atom stereocenters. The second-order valence-electron chi connectivity index (χ2n) is 5.86. The van der Waals surface area contributed by atoms with E-state index in [0.717, 1.165) is 17.7 Å². The molecule has 0 radical (unpaired) electrons. The Morgan fingerprint density at radius 2 is 1.90 bits per heavy atom. The normalized spacial score (nSPS) is 15.1. The first kappa shape index (κ1) is 13.7. The maximum Gasteiger partial charge on any atom is 0.200 e. The Hall–Kier alpha value is -2.29. The van der Waals surface area contributed by atoms with E-state index in [1.807, 2.05) is 50.2 Å². The van der Waals surface area contributed by atoms with E-state index in [4.69, 9.17) is 9.47 Å². The number of fused-ring (bicyclic) bond motifs is 1. The van der Waals surface area contributed by atoms with Gasteiger partial charge in [0.25, 0.3) is 0 Å². The van der Waals surface area contributed by atoms with E-state index in [1.54, 1.807) is 12.1 Å². The van der Waals surface area contributed by atoms with Crippen molar-refractivity contribution in [3.8, 4) is 11.5 Å². The topological polar surface area (TPSA) is 35.5 Å². The summed E-state index contributed by atoms with van der Waals surface area (Å²) in [6, 6.07) is 15.0. The average Bonchev–Trinajstić information content (AvgIpc) is 2.80. The molecule has 0 unspecified atom stereocenters. The first-order chi connectivity index (χ1) is 10.1. The molecule has 2 aromatic rings. The number of carbonyl (C=O) groups excluding carboxylic acids is 1. The number of ketones is 1. The Kier molecular flexibility index (Phi) is 3.42. The van der Waals surface area contributed by atoms with Crippen molar-refractivity contribution in [1.82, 2.24) is 0 Å². The summed E-state index contributed by atoms with van der Waals surface area (Å²) in [5.41, 5.74) is 1.57. The first-order valence-corrected chi connectivity index (χ1v) is 7.07. The van der Waals surface area contributed by atoms with Crippen molar-refractivity contribution in [2.45, 2.75) is 25.9 Å². The van der Waals surface area contributed by atoms with Crippen molar-refractivity contribution in [1.29, 1.82) is 0 Å². The predicted molar refractivity (Wildman–Crippen MR) is 81.1 cm³/mol. The molecule has 0 aromatic heterocycles. The van der Waals surface area contributed by atoms with Crippen LogP contribution in [0.15, 0.2) is 48.5 Å². The summed E-state index contributed by atoms with van der Waals surface area (Å²) >= 11 is 0. The molecule has 3 heteroatoms. The van der Waals surface area contributed by atoms with E-state index in [0.29, 0.717) is 11.3 Å². The number of para-hydroxylation sites is 1. The third-order valence-electron chi connectivity index (χ3n) is 3.51. The Balaban J connectivity index is 1.73. The lowest BCUT2D eigenvalue weighted by Gasteiger charge is -2.18. The number of carbonyl (C=O) groups is 1. The molecule has 2 aromatic carbocycles. The van der Waals surface area contributed by atoms with Gasteiger partial charge in [-0.2, -0.15) is 0 Å². The number of hydrogen-bond acceptors (Lipinski definition) is 3. The molecule has 1 aliphatic rings. The van der Waals surface area contributed by atoms with Gasteiger partial charge >= 0.3 is 0 Å². The molecule has 0 saturated carbocycles. The number of benzene rings is 2. The summed E-state index contributed by atoms with van der Waals surface area (Å²) in [7, 11) is 0. The van der Waals surface area contributed by atoms with E-state index in [1.165, 1.54) is 0 Å². The Bertz CT molecular complexity index is 659. The molecular weight excluding hydrogens is 264 g/mol. The minimum atomic E-state index is -0.217. The molecule has 108 valence electrons. The molecular formula is C18H18O3. The van der Waals surface area contributed by atoms with Crippen LogP contribution in [0.2, 0.25) is 0 Å². The predicted octanol–water partition coefficient (Wildman–Crippen LogP) is 3.66. The van der Waals surface area contributed by atoms with E-state index in [2.05, 4.69) is 0 Å². The van der Waals surface area contributed by atoms with Gasteiger partial charge in [0, 0.05) is 17.5 Å². The smallest absolute Gasteiger partial charge is 0.200 e. The quantitative estimate of drug-likeness (QED) is 0.803. The van der Waals surface area contributed by atoms with Crippen LogP contribution >= 0.6 is 0 Å². The summed E-state index contributed by atoms with van der Waals surface area (Å²) in [6.45, 7) is 4.11. The van der Waals surface area contributed by atoms with Gasteiger partial charge in [-0.05, 0) is 19.9 Å². The monoisotopic (exact) mass is 282 g/mol. The number of rotatable bonds is 4. The van der Waals surface area contributed by atoms with E-state index in [-0.39, 0.29) is 18.0 Å². The molecule has 0 fully saturated rings. The Morgan fingerprint density at radius 3 is 2.67 bits per heavy atom. The van der Waals surface area contributed by atoms with E-state index in [9.17, 15) is 4.79 Å². The van der Waals surface area contributed by atoms with E-state index < -0.39 is 0 Å². The van der Waals surface area contributed by atoms with Gasteiger partial charge in [0.15, 0.2) is 23.9 Å². The van der Waals surface area contributed by atoms with Crippen LogP contribution in [0.5, 0.6) is 11.5 Å². The molecule has 0 amide bonds. The van der Waals surface area contributed by atoms with Crippen LogP contribution in [0.1, 0.15) is 29.8 Å². The van der Waals surface area contributed by atoms with Gasteiger partial charge in [-0.1, -0.05) is 42.5 Å². The summed E-state index contributed by atoms with van der Waals surface area (Å²) in [5.74, 6) is 1.37. The van der Waals surface area contributed by atoms with Crippen molar-refractivity contribution in [2.75, 3.05) is 6.61 Å².